The molecule has 0 bridgehead atoms. The summed E-state index contributed by atoms with van der Waals surface area (Å²) in [7, 11) is 0. The molecule has 0 aliphatic heterocycles. The summed E-state index contributed by atoms with van der Waals surface area (Å²) in [5.74, 6) is 0. The van der Waals surface area contributed by atoms with E-state index in [1.54, 1.807) is 12.1 Å². The molecule has 0 amide bonds. The van der Waals surface area contributed by atoms with E-state index in [1.165, 1.54) is 6.20 Å². The number of nitrogens with zero attached hydrogens (tertiary/aromatic N) is 1. The maximum Gasteiger partial charge on any atom is 0.216 e. The van der Waals surface area contributed by atoms with Crippen LogP contribution in [0, 0.1) is 5.21 Å². The topological polar surface area (TPSA) is 26.9 Å². The Labute approximate surface area is 88.7 Å². The second kappa shape index (κ2) is 4.42. The molecule has 0 aliphatic rings. The predicted molar refractivity (Wildman–Crippen MR) is 60.8 cm³/mol. The minimum absolute atomic E-state index is 0.640. The molecule has 1 aromatic heterocycles. The van der Waals surface area contributed by atoms with E-state index in [0.29, 0.717) is 5.69 Å². The molecular weight excluding hydrogens is 186 g/mol. The number of hydrogen-bond acceptors (Lipinski definition) is 1. The zero-order valence-corrected chi connectivity index (χ0v) is 8.21. The minimum atomic E-state index is 0.640. The quantitative estimate of drug-likeness (QED) is 0.536. The smallest absolute Gasteiger partial charge is 0.216 e. The summed E-state index contributed by atoms with van der Waals surface area (Å²) >= 11 is 0. The SMILES string of the molecule is [O-][n+]1ccccc1C=Cc1ccccc1. The van der Waals surface area contributed by atoms with Gasteiger partial charge in [-0.25, -0.2) is 0 Å². The van der Waals surface area contributed by atoms with Crippen molar-refractivity contribution in [2.75, 3.05) is 0 Å². The van der Waals surface area contributed by atoms with Gasteiger partial charge >= 0.3 is 0 Å². The van der Waals surface area contributed by atoms with Crippen LogP contribution in [-0.4, -0.2) is 0 Å². The van der Waals surface area contributed by atoms with Gasteiger partial charge in [-0.2, -0.15) is 4.73 Å². The fourth-order valence-electron chi connectivity index (χ4n) is 1.32. The molecule has 1 aromatic carbocycles. The van der Waals surface area contributed by atoms with Crippen molar-refractivity contribution >= 4 is 12.2 Å². The van der Waals surface area contributed by atoms with Crippen molar-refractivity contribution in [3.63, 3.8) is 0 Å². The van der Waals surface area contributed by atoms with E-state index in [9.17, 15) is 5.21 Å². The third-order valence-corrected chi connectivity index (χ3v) is 2.10. The Morgan fingerprint density at radius 3 is 2.33 bits per heavy atom. The molecule has 2 rings (SSSR count). The van der Waals surface area contributed by atoms with Gasteiger partial charge in [0, 0.05) is 18.2 Å². The summed E-state index contributed by atoms with van der Waals surface area (Å²) in [6.45, 7) is 0. The van der Waals surface area contributed by atoms with Crippen LogP contribution < -0.4 is 4.73 Å². The highest BCUT2D eigenvalue weighted by Crippen LogP contribution is 2.04. The van der Waals surface area contributed by atoms with Gasteiger partial charge in [0.1, 0.15) is 0 Å². The molecule has 0 fully saturated rings. The first-order chi connectivity index (χ1) is 7.36. The van der Waals surface area contributed by atoms with Crippen molar-refractivity contribution in [3.8, 4) is 0 Å². The lowest BCUT2D eigenvalue weighted by molar-refractivity contribution is -0.607. The summed E-state index contributed by atoms with van der Waals surface area (Å²) in [5.41, 5.74) is 1.72. The highest BCUT2D eigenvalue weighted by atomic mass is 16.5. The lowest BCUT2D eigenvalue weighted by Crippen LogP contribution is -2.28. The first kappa shape index (κ1) is 9.46. The fourth-order valence-corrected chi connectivity index (χ4v) is 1.32. The minimum Gasteiger partial charge on any atom is -0.618 e. The molecule has 0 atom stereocenters. The molecule has 2 heteroatoms. The number of rotatable bonds is 2. The number of benzene rings is 1. The molecule has 0 saturated carbocycles. The zero-order chi connectivity index (χ0) is 10.5. The van der Waals surface area contributed by atoms with Crippen LogP contribution in [0.5, 0.6) is 0 Å². The Balaban J connectivity index is 2.23. The first-order valence-corrected chi connectivity index (χ1v) is 4.77. The summed E-state index contributed by atoms with van der Waals surface area (Å²) in [4.78, 5) is 0. The Morgan fingerprint density at radius 1 is 0.867 bits per heavy atom. The molecule has 2 aromatic rings. The highest BCUT2D eigenvalue weighted by molar-refractivity contribution is 5.66. The molecule has 0 saturated heterocycles. The molecule has 2 nitrogen and oxygen atoms in total. The third kappa shape index (κ3) is 2.44. The van der Waals surface area contributed by atoms with E-state index in [4.69, 9.17) is 0 Å². The molecular formula is C13H11NO. The molecule has 15 heavy (non-hydrogen) atoms. The van der Waals surface area contributed by atoms with Gasteiger partial charge in [-0.1, -0.05) is 30.3 Å². The molecule has 74 valence electrons. The van der Waals surface area contributed by atoms with Crippen LogP contribution in [0.15, 0.2) is 54.7 Å². The zero-order valence-electron chi connectivity index (χ0n) is 8.21. The predicted octanol–water partition coefficient (Wildman–Crippen LogP) is 2.49. The first-order valence-electron chi connectivity index (χ1n) is 4.77. The van der Waals surface area contributed by atoms with E-state index < -0.39 is 0 Å². The normalized spacial score (nSPS) is 10.7. The Morgan fingerprint density at radius 2 is 1.60 bits per heavy atom. The maximum atomic E-state index is 11.3. The summed E-state index contributed by atoms with van der Waals surface area (Å²) in [6.07, 6.45) is 5.22. The highest BCUT2D eigenvalue weighted by Gasteiger charge is 1.96. The number of aromatic nitrogens is 1. The Kier molecular flexibility index (Phi) is 2.79. The van der Waals surface area contributed by atoms with Crippen molar-refractivity contribution in [1.29, 1.82) is 0 Å². The van der Waals surface area contributed by atoms with Crippen molar-refractivity contribution in [3.05, 3.63) is 71.2 Å². The van der Waals surface area contributed by atoms with E-state index in [-0.39, 0.29) is 0 Å². The summed E-state index contributed by atoms with van der Waals surface area (Å²) < 4.78 is 0.847. The lowest BCUT2D eigenvalue weighted by Gasteiger charge is -1.98. The molecule has 1 heterocycles. The van der Waals surface area contributed by atoms with E-state index in [0.717, 1.165) is 10.3 Å². The van der Waals surface area contributed by atoms with Gasteiger partial charge in [-0.15, -0.1) is 0 Å². The molecule has 0 radical (unpaired) electrons. The van der Waals surface area contributed by atoms with Crippen LogP contribution in [0.4, 0.5) is 0 Å². The Hall–Kier alpha value is -2.09. The lowest BCUT2D eigenvalue weighted by atomic mass is 10.2. The average molecular weight is 197 g/mol. The molecule has 0 unspecified atom stereocenters. The summed E-state index contributed by atoms with van der Waals surface area (Å²) in [6, 6.07) is 15.2. The van der Waals surface area contributed by atoms with Crippen LogP contribution in [0.2, 0.25) is 0 Å². The third-order valence-electron chi connectivity index (χ3n) is 2.10. The van der Waals surface area contributed by atoms with Crippen LogP contribution >= 0.6 is 0 Å². The summed E-state index contributed by atoms with van der Waals surface area (Å²) in [5, 5.41) is 11.3. The van der Waals surface area contributed by atoms with Crippen molar-refractivity contribution in [2.45, 2.75) is 0 Å². The molecule has 0 N–H and O–H groups in total. The van der Waals surface area contributed by atoms with Gasteiger partial charge < -0.3 is 5.21 Å². The molecule has 0 aliphatic carbocycles. The second-order valence-corrected chi connectivity index (χ2v) is 3.20. The molecule has 0 spiro atoms. The standard InChI is InChI=1S/C13H11NO/c15-14-11-5-4-8-13(14)10-9-12-6-2-1-3-7-12/h1-11H. The van der Waals surface area contributed by atoms with Gasteiger partial charge in [-0.3, -0.25) is 0 Å². The van der Waals surface area contributed by atoms with Crippen molar-refractivity contribution in [1.82, 2.24) is 0 Å². The van der Waals surface area contributed by atoms with Crippen molar-refractivity contribution < 1.29 is 4.73 Å². The van der Waals surface area contributed by atoms with Gasteiger partial charge in [-0.05, 0) is 17.7 Å². The van der Waals surface area contributed by atoms with Crippen LogP contribution in [0.3, 0.4) is 0 Å². The Bertz CT molecular complexity index is 463. The largest absolute Gasteiger partial charge is 0.618 e. The number of hydrogen-bond donors (Lipinski definition) is 0. The van der Waals surface area contributed by atoms with Crippen LogP contribution in [0.25, 0.3) is 12.2 Å². The van der Waals surface area contributed by atoms with Gasteiger partial charge in [0.05, 0.1) is 0 Å². The van der Waals surface area contributed by atoms with Crippen molar-refractivity contribution in [2.24, 2.45) is 0 Å². The van der Waals surface area contributed by atoms with Crippen LogP contribution in [-0.2, 0) is 0 Å². The van der Waals surface area contributed by atoms with Gasteiger partial charge in [0.2, 0.25) is 5.69 Å². The van der Waals surface area contributed by atoms with Gasteiger partial charge in [0.15, 0.2) is 6.20 Å². The van der Waals surface area contributed by atoms with E-state index >= 15 is 0 Å². The van der Waals surface area contributed by atoms with E-state index in [2.05, 4.69) is 0 Å². The average Bonchev–Trinajstić information content (AvgIpc) is 2.29. The number of pyridine rings is 1. The monoisotopic (exact) mass is 197 g/mol. The van der Waals surface area contributed by atoms with E-state index in [1.807, 2.05) is 48.6 Å². The fraction of sp³-hybridized carbons (Fsp3) is 0. The second-order valence-electron chi connectivity index (χ2n) is 3.20. The van der Waals surface area contributed by atoms with Crippen LogP contribution in [0.1, 0.15) is 11.3 Å². The van der Waals surface area contributed by atoms with Gasteiger partial charge in [0.25, 0.3) is 0 Å². The maximum absolute atomic E-state index is 11.3.